The molecule has 3 aromatic rings. The van der Waals surface area contributed by atoms with Crippen LogP contribution in [0, 0.1) is 11.3 Å². The summed E-state index contributed by atoms with van der Waals surface area (Å²) in [6, 6.07) is 13.5. The number of hydrogen-bond donors (Lipinski definition) is 2. The number of halogens is 2. The van der Waals surface area contributed by atoms with Gasteiger partial charge < -0.3 is 10.1 Å². The van der Waals surface area contributed by atoms with E-state index in [1.165, 1.54) is 23.6 Å². The van der Waals surface area contributed by atoms with Crippen LogP contribution in [0.25, 0.3) is 0 Å². The third kappa shape index (κ3) is 5.82. The van der Waals surface area contributed by atoms with Crippen molar-refractivity contribution in [1.29, 1.82) is 5.26 Å². The maximum absolute atomic E-state index is 12.5. The third-order valence-corrected chi connectivity index (χ3v) is 7.38. The van der Waals surface area contributed by atoms with Crippen LogP contribution in [0.1, 0.15) is 44.8 Å². The molecule has 4 rings (SSSR count). The number of carbonyl (C=O) groups excluding carboxylic acids is 3. The van der Waals surface area contributed by atoms with Gasteiger partial charge in [-0.25, -0.2) is 10.2 Å². The van der Waals surface area contributed by atoms with E-state index in [1.807, 2.05) is 0 Å². The number of ether oxygens (including phenoxy) is 1. The number of hydrazone groups is 1. The first kappa shape index (κ1) is 25.6. The number of benzene rings is 2. The molecule has 0 saturated heterocycles. The molecule has 0 unspecified atom stereocenters. The maximum atomic E-state index is 12.5. The highest BCUT2D eigenvalue weighted by Crippen LogP contribution is 2.37. The number of nitrogens with one attached hydrogen (secondary N) is 2. The summed E-state index contributed by atoms with van der Waals surface area (Å²) in [5.74, 6) is -2.44. The second kappa shape index (κ2) is 11.5. The fourth-order valence-corrected chi connectivity index (χ4v) is 5.46. The fraction of sp³-hybridized carbons (Fsp3) is 0.160. The van der Waals surface area contributed by atoms with Crippen LogP contribution in [0.5, 0.6) is 5.75 Å². The van der Waals surface area contributed by atoms with E-state index in [-0.39, 0.29) is 16.3 Å². The van der Waals surface area contributed by atoms with Gasteiger partial charge in [-0.1, -0.05) is 39.7 Å². The van der Waals surface area contributed by atoms with Crippen molar-refractivity contribution < 1.29 is 19.1 Å². The lowest BCUT2D eigenvalue weighted by Crippen LogP contribution is -2.32. The number of rotatable bonds is 5. The fourth-order valence-electron chi connectivity index (χ4n) is 3.64. The maximum Gasteiger partial charge on any atom is 0.345 e. The average Bonchev–Trinajstić information content (AvgIpc) is 3.22. The third-order valence-electron chi connectivity index (χ3n) is 5.35. The van der Waals surface area contributed by atoms with Crippen molar-refractivity contribution in [3.63, 3.8) is 0 Å². The van der Waals surface area contributed by atoms with E-state index in [1.54, 1.807) is 36.4 Å². The van der Waals surface area contributed by atoms with E-state index in [2.05, 4.69) is 37.8 Å². The van der Waals surface area contributed by atoms with Crippen LogP contribution in [0.2, 0.25) is 5.02 Å². The smallest absolute Gasteiger partial charge is 0.345 e. The summed E-state index contributed by atoms with van der Waals surface area (Å²) in [6.45, 7) is 0. The Morgan fingerprint density at radius 1 is 1.14 bits per heavy atom. The summed E-state index contributed by atoms with van der Waals surface area (Å²) in [7, 11) is 0. The lowest BCUT2D eigenvalue weighted by Gasteiger charge is -2.09. The van der Waals surface area contributed by atoms with Gasteiger partial charge >= 0.3 is 17.8 Å². The number of fused-ring (bicyclic) bond motifs is 1. The number of amides is 2. The molecule has 0 aliphatic heterocycles. The normalized spacial score (nSPS) is 12.5. The summed E-state index contributed by atoms with van der Waals surface area (Å²) in [4.78, 5) is 38.3. The molecule has 0 saturated carbocycles. The Balaban J connectivity index is 1.43. The van der Waals surface area contributed by atoms with Gasteiger partial charge in [0, 0.05) is 14.9 Å². The first-order valence-electron chi connectivity index (χ1n) is 10.8. The zero-order valence-corrected chi connectivity index (χ0v) is 21.8. The van der Waals surface area contributed by atoms with E-state index in [0.717, 1.165) is 36.1 Å². The van der Waals surface area contributed by atoms with Gasteiger partial charge in [-0.3, -0.25) is 9.59 Å². The summed E-state index contributed by atoms with van der Waals surface area (Å²) in [6.07, 6.45) is 4.92. The minimum absolute atomic E-state index is 0.174. The van der Waals surface area contributed by atoms with Crippen molar-refractivity contribution in [2.45, 2.75) is 25.7 Å². The molecule has 1 aromatic heterocycles. The summed E-state index contributed by atoms with van der Waals surface area (Å²) >= 11 is 10.7. The van der Waals surface area contributed by atoms with E-state index in [4.69, 9.17) is 16.3 Å². The molecule has 2 N–H and O–H groups in total. The van der Waals surface area contributed by atoms with Gasteiger partial charge in [0.1, 0.15) is 16.8 Å². The minimum Gasteiger partial charge on any atom is -0.422 e. The zero-order valence-electron chi connectivity index (χ0n) is 18.6. The predicted molar refractivity (Wildman–Crippen MR) is 141 cm³/mol. The van der Waals surface area contributed by atoms with Gasteiger partial charge in [0.2, 0.25) is 0 Å². The van der Waals surface area contributed by atoms with Crippen molar-refractivity contribution in [2.75, 3.05) is 5.32 Å². The van der Waals surface area contributed by atoms with Gasteiger partial charge in [-0.05, 0) is 61.6 Å². The molecule has 2 amide bonds. The molecule has 1 heterocycles. The first-order valence-corrected chi connectivity index (χ1v) is 12.8. The van der Waals surface area contributed by atoms with Crippen LogP contribution in [0.3, 0.4) is 0 Å². The Kier molecular flexibility index (Phi) is 8.15. The highest BCUT2D eigenvalue weighted by Gasteiger charge is 2.23. The monoisotopic (exact) mass is 584 g/mol. The number of nitrogens with zero attached hydrogens (tertiary/aromatic N) is 2. The van der Waals surface area contributed by atoms with Crippen molar-refractivity contribution in [1.82, 2.24) is 5.43 Å². The number of carbonyl (C=O) groups is 3. The molecule has 0 fully saturated rings. The van der Waals surface area contributed by atoms with Crippen molar-refractivity contribution in [2.24, 2.45) is 5.10 Å². The number of hydrogen-bond acceptors (Lipinski definition) is 7. The van der Waals surface area contributed by atoms with Crippen molar-refractivity contribution in [3.05, 3.63) is 79.1 Å². The summed E-state index contributed by atoms with van der Waals surface area (Å²) in [5.41, 5.74) is 4.08. The highest BCUT2D eigenvalue weighted by atomic mass is 79.9. The first-order chi connectivity index (χ1) is 17.4. The number of anilines is 1. The summed E-state index contributed by atoms with van der Waals surface area (Å²) in [5, 5.41) is 16.5. The van der Waals surface area contributed by atoms with E-state index in [9.17, 15) is 19.6 Å². The summed E-state index contributed by atoms with van der Waals surface area (Å²) < 4.78 is 6.14. The van der Waals surface area contributed by atoms with E-state index < -0.39 is 17.8 Å². The molecular weight excluding hydrogens is 568 g/mol. The molecule has 2 aromatic carbocycles. The molecule has 182 valence electrons. The molecule has 1 aliphatic carbocycles. The lowest BCUT2D eigenvalue weighted by molar-refractivity contribution is -0.136. The second-order valence-electron chi connectivity index (χ2n) is 7.73. The molecule has 0 bridgehead atoms. The quantitative estimate of drug-likeness (QED) is 0.140. The molecule has 0 atom stereocenters. The average molecular weight is 586 g/mol. The Bertz CT molecular complexity index is 1430. The molecule has 11 heteroatoms. The Labute approximate surface area is 224 Å². The number of aryl methyl sites for hydroxylation is 1. The minimum atomic E-state index is -1.01. The molecular formula is C25H18BrClN4O4S. The number of esters is 1. The van der Waals surface area contributed by atoms with Gasteiger partial charge in [0.15, 0.2) is 0 Å². The Morgan fingerprint density at radius 3 is 2.69 bits per heavy atom. The highest BCUT2D eigenvalue weighted by molar-refractivity contribution is 9.10. The number of thiophene rings is 1. The standard InChI is InChI=1S/C25H18BrClN4O4S/c26-15-9-10-20(35-25(34)17-6-1-3-7-19(17)27)14(11-15)13-29-31-23(33)22(32)30-24-18(12-28)16-5-2-4-8-21(16)36-24/h1,3,6-7,9-11,13H,2,4-5,8H2,(H,30,32)(H,31,33). The predicted octanol–water partition coefficient (Wildman–Crippen LogP) is 5.22. The SMILES string of the molecule is N#Cc1c(NC(=O)C(=O)NN=Cc2cc(Br)ccc2OC(=O)c2ccccc2Cl)sc2c1CCCC2. The Hall–Kier alpha value is -3.52. The topological polar surface area (TPSA) is 121 Å². The zero-order chi connectivity index (χ0) is 25.7. The Morgan fingerprint density at radius 2 is 1.92 bits per heavy atom. The lowest BCUT2D eigenvalue weighted by atomic mass is 9.96. The van der Waals surface area contributed by atoms with Crippen molar-refractivity contribution >= 4 is 67.9 Å². The van der Waals surface area contributed by atoms with Gasteiger partial charge in [0.05, 0.1) is 22.4 Å². The second-order valence-corrected chi connectivity index (χ2v) is 10.2. The molecule has 0 radical (unpaired) electrons. The van der Waals surface area contributed by atoms with Gasteiger partial charge in [-0.15, -0.1) is 11.3 Å². The van der Waals surface area contributed by atoms with Crippen LogP contribution >= 0.6 is 38.9 Å². The largest absolute Gasteiger partial charge is 0.422 e. The van der Waals surface area contributed by atoms with E-state index in [0.29, 0.717) is 20.6 Å². The molecule has 0 spiro atoms. The van der Waals surface area contributed by atoms with Gasteiger partial charge in [0.25, 0.3) is 0 Å². The van der Waals surface area contributed by atoms with Crippen LogP contribution < -0.4 is 15.5 Å². The van der Waals surface area contributed by atoms with Crippen LogP contribution in [-0.4, -0.2) is 24.0 Å². The molecule has 36 heavy (non-hydrogen) atoms. The number of nitriles is 1. The van der Waals surface area contributed by atoms with Crippen molar-refractivity contribution in [3.8, 4) is 11.8 Å². The van der Waals surface area contributed by atoms with Crippen LogP contribution in [0.4, 0.5) is 5.00 Å². The molecule has 1 aliphatic rings. The van der Waals surface area contributed by atoms with E-state index >= 15 is 0 Å². The van der Waals surface area contributed by atoms with Gasteiger partial charge in [-0.2, -0.15) is 10.4 Å². The van der Waals surface area contributed by atoms with Crippen LogP contribution in [0.15, 0.2) is 52.0 Å². The van der Waals surface area contributed by atoms with Crippen LogP contribution in [-0.2, 0) is 22.4 Å². The molecule has 8 nitrogen and oxygen atoms in total.